The minimum absolute atomic E-state index is 0.0702. The molecular weight excluding hydrogens is 468 g/mol. The number of ether oxygens (including phenoxy) is 1. The van der Waals surface area contributed by atoms with Gasteiger partial charge in [0.15, 0.2) is 0 Å². The molecule has 1 rings (SSSR count). The highest BCUT2D eigenvalue weighted by atomic mass is 79.9. The molecule has 0 radical (unpaired) electrons. The summed E-state index contributed by atoms with van der Waals surface area (Å²) in [6, 6.07) is 5.64. The van der Waals surface area contributed by atoms with Crippen LogP contribution in [0, 0.1) is 18.3 Å². The van der Waals surface area contributed by atoms with Crippen molar-refractivity contribution in [2.75, 3.05) is 26.5 Å². The highest BCUT2D eigenvalue weighted by molar-refractivity contribution is 9.10. The van der Waals surface area contributed by atoms with Crippen LogP contribution in [0.3, 0.4) is 0 Å². The van der Waals surface area contributed by atoms with E-state index in [0.29, 0.717) is 11.4 Å². The first-order chi connectivity index (χ1) is 14.6. The van der Waals surface area contributed by atoms with Crippen LogP contribution in [0.25, 0.3) is 0 Å². The molecule has 0 aliphatic heterocycles. The monoisotopic (exact) mass is 503 g/mol. The number of hydrogen-bond donors (Lipinski definition) is 1. The van der Waals surface area contributed by atoms with Gasteiger partial charge < -0.3 is 15.0 Å². The lowest BCUT2D eigenvalue weighted by atomic mass is 10.1. The highest BCUT2D eigenvalue weighted by Gasteiger charge is 2.16. The summed E-state index contributed by atoms with van der Waals surface area (Å²) in [5.41, 5.74) is 2.11. The molecule has 0 atom stereocenters. The van der Waals surface area contributed by atoms with Crippen molar-refractivity contribution < 1.29 is 18.3 Å². The SMILES string of the molecule is C/C=C(\Nc1cc(Br)c(OC)cc1C)C(=O)/C(C#N)=C/N(C)C.CC.CC.CC(F)F. The normalized spacial score (nSPS) is 10.2. The molecule has 176 valence electrons. The molecule has 0 saturated carbocycles. The summed E-state index contributed by atoms with van der Waals surface area (Å²) in [7, 11) is 5.12. The van der Waals surface area contributed by atoms with Gasteiger partial charge in [-0.1, -0.05) is 33.8 Å². The van der Waals surface area contributed by atoms with Crippen LogP contribution in [-0.4, -0.2) is 38.3 Å². The molecule has 0 aliphatic carbocycles. The molecule has 0 heterocycles. The summed E-state index contributed by atoms with van der Waals surface area (Å²) in [6.45, 7) is 12.5. The Labute approximate surface area is 194 Å². The minimum Gasteiger partial charge on any atom is -0.496 e. The van der Waals surface area contributed by atoms with Crippen LogP contribution >= 0.6 is 15.9 Å². The lowest BCUT2D eigenvalue weighted by Gasteiger charge is -2.15. The van der Waals surface area contributed by atoms with Gasteiger partial charge in [0.25, 0.3) is 0 Å². The molecule has 5 nitrogen and oxygen atoms in total. The van der Waals surface area contributed by atoms with Crippen molar-refractivity contribution in [2.45, 2.75) is 54.9 Å². The zero-order chi connectivity index (χ0) is 25.1. The number of rotatable bonds is 6. The average molecular weight is 504 g/mol. The Morgan fingerprint density at radius 3 is 2.10 bits per heavy atom. The average Bonchev–Trinajstić information content (AvgIpc) is 2.74. The van der Waals surface area contributed by atoms with Crippen LogP contribution < -0.4 is 10.1 Å². The number of anilines is 1. The topological polar surface area (TPSA) is 65.4 Å². The first-order valence-corrected chi connectivity index (χ1v) is 10.7. The van der Waals surface area contributed by atoms with Crippen molar-refractivity contribution in [3.63, 3.8) is 0 Å². The number of halogens is 3. The number of benzene rings is 1. The Morgan fingerprint density at radius 2 is 1.74 bits per heavy atom. The number of ketones is 1. The molecule has 0 saturated heterocycles. The van der Waals surface area contributed by atoms with Gasteiger partial charge in [0.2, 0.25) is 12.2 Å². The van der Waals surface area contributed by atoms with Crippen LogP contribution in [0.4, 0.5) is 14.5 Å². The molecule has 0 fully saturated rings. The summed E-state index contributed by atoms with van der Waals surface area (Å²) in [4.78, 5) is 14.1. The zero-order valence-electron chi connectivity index (χ0n) is 20.2. The van der Waals surface area contributed by atoms with Gasteiger partial charge in [0.05, 0.1) is 17.3 Å². The Morgan fingerprint density at radius 1 is 1.26 bits per heavy atom. The maximum Gasteiger partial charge on any atom is 0.235 e. The largest absolute Gasteiger partial charge is 0.496 e. The van der Waals surface area contributed by atoms with Gasteiger partial charge in [-0.3, -0.25) is 4.79 Å². The predicted octanol–water partition coefficient (Wildman–Crippen LogP) is 6.94. The molecule has 0 aliphatic rings. The quantitative estimate of drug-likeness (QED) is 0.336. The Hall–Kier alpha value is -2.40. The second kappa shape index (κ2) is 19.6. The van der Waals surface area contributed by atoms with Gasteiger partial charge in [-0.25, -0.2) is 8.78 Å². The Balaban J connectivity index is -0.000000855. The smallest absolute Gasteiger partial charge is 0.235 e. The summed E-state index contributed by atoms with van der Waals surface area (Å²) in [5.74, 6) is 0.363. The maximum absolute atomic E-state index is 12.5. The van der Waals surface area contributed by atoms with Crippen LogP contribution in [0.2, 0.25) is 0 Å². The van der Waals surface area contributed by atoms with Gasteiger partial charge in [-0.05, 0) is 54.4 Å². The van der Waals surface area contributed by atoms with Gasteiger partial charge in [-0.15, -0.1) is 0 Å². The van der Waals surface area contributed by atoms with Crippen molar-refractivity contribution in [2.24, 2.45) is 0 Å². The lowest BCUT2D eigenvalue weighted by Crippen LogP contribution is -2.16. The third kappa shape index (κ3) is 14.3. The number of nitrogens with zero attached hydrogens (tertiary/aromatic N) is 2. The fraction of sp³-hybridized carbons (Fsp3) is 0.478. The number of methoxy groups -OCH3 is 1. The second-order valence-electron chi connectivity index (χ2n) is 5.60. The highest BCUT2D eigenvalue weighted by Crippen LogP contribution is 2.31. The summed E-state index contributed by atoms with van der Waals surface area (Å²) in [5, 5.41) is 12.3. The van der Waals surface area contributed by atoms with E-state index < -0.39 is 6.43 Å². The number of aryl methyl sites for hydroxylation is 1. The molecule has 0 spiro atoms. The minimum atomic E-state index is -2.17. The number of alkyl halides is 2. The van der Waals surface area contributed by atoms with E-state index in [1.54, 1.807) is 39.1 Å². The standard InChI is InChI=1S/C17H20BrN3O2.C2H4F2.2C2H6/c1-6-14(17(22)12(9-19)10-21(3)4)20-15-8-13(18)16(23-5)7-11(15)2;1-2(3)4;2*1-2/h6-8,10,20H,1-5H3;2H,1H3;2*1-2H3/b12-10+,14-6-;;;. The van der Waals surface area contributed by atoms with Gasteiger partial charge in [-0.2, -0.15) is 5.26 Å². The Bertz CT molecular complexity index is 753. The molecule has 1 N–H and O–H groups in total. The third-order valence-corrected chi connectivity index (χ3v) is 3.67. The number of Topliss-reactive ketones (excluding diaryl/α,β-unsaturated/α-hetero) is 1. The van der Waals surface area contributed by atoms with Crippen molar-refractivity contribution in [3.8, 4) is 11.8 Å². The van der Waals surface area contributed by atoms with E-state index in [-0.39, 0.29) is 11.4 Å². The first kappa shape index (κ1) is 33.2. The van der Waals surface area contributed by atoms with Crippen molar-refractivity contribution in [3.05, 3.63) is 45.7 Å². The molecule has 0 amide bonds. The third-order valence-electron chi connectivity index (χ3n) is 3.05. The van der Waals surface area contributed by atoms with E-state index in [9.17, 15) is 18.8 Å². The first-order valence-electron chi connectivity index (χ1n) is 9.95. The molecule has 1 aromatic carbocycles. The van der Waals surface area contributed by atoms with E-state index in [1.807, 2.05) is 52.8 Å². The van der Waals surface area contributed by atoms with Gasteiger partial charge >= 0.3 is 0 Å². The van der Waals surface area contributed by atoms with Crippen LogP contribution in [0.1, 0.15) is 47.1 Å². The van der Waals surface area contributed by atoms with E-state index in [2.05, 4.69) is 21.2 Å². The molecule has 0 bridgehead atoms. The number of allylic oxidation sites excluding steroid dienone is 2. The maximum atomic E-state index is 12.5. The molecule has 8 heteroatoms. The second-order valence-corrected chi connectivity index (χ2v) is 6.45. The Kier molecular flexibility index (Phi) is 21.0. The lowest BCUT2D eigenvalue weighted by molar-refractivity contribution is -0.111. The zero-order valence-corrected chi connectivity index (χ0v) is 21.8. The van der Waals surface area contributed by atoms with E-state index in [0.717, 1.165) is 22.6 Å². The van der Waals surface area contributed by atoms with Gasteiger partial charge in [0, 0.05) is 26.0 Å². The molecule has 1 aromatic rings. The number of hydrogen-bond acceptors (Lipinski definition) is 5. The molecular formula is C23H36BrF2N3O2. The molecule has 31 heavy (non-hydrogen) atoms. The summed E-state index contributed by atoms with van der Waals surface area (Å²) >= 11 is 3.43. The van der Waals surface area contributed by atoms with Crippen LogP contribution in [0.5, 0.6) is 5.75 Å². The number of carbonyl (C=O) groups excluding carboxylic acids is 1. The van der Waals surface area contributed by atoms with Gasteiger partial charge in [0.1, 0.15) is 17.4 Å². The van der Waals surface area contributed by atoms with Crippen molar-refractivity contribution in [1.29, 1.82) is 5.26 Å². The van der Waals surface area contributed by atoms with E-state index in [4.69, 9.17) is 4.74 Å². The predicted molar refractivity (Wildman–Crippen MR) is 130 cm³/mol. The fourth-order valence-electron chi connectivity index (χ4n) is 1.89. The number of nitriles is 1. The van der Waals surface area contributed by atoms with Crippen molar-refractivity contribution in [1.82, 2.24) is 4.90 Å². The summed E-state index contributed by atoms with van der Waals surface area (Å²) < 4.78 is 26.7. The molecule has 0 unspecified atom stereocenters. The number of carbonyl (C=O) groups is 1. The molecule has 0 aromatic heterocycles. The van der Waals surface area contributed by atoms with E-state index >= 15 is 0 Å². The van der Waals surface area contributed by atoms with E-state index in [1.165, 1.54) is 6.20 Å². The number of nitrogens with one attached hydrogen (secondary N) is 1. The summed E-state index contributed by atoms with van der Waals surface area (Å²) in [6.07, 6.45) is 0.991. The fourth-order valence-corrected chi connectivity index (χ4v) is 2.40. The van der Waals surface area contributed by atoms with Crippen LogP contribution in [-0.2, 0) is 4.79 Å². The van der Waals surface area contributed by atoms with Crippen molar-refractivity contribution >= 4 is 27.4 Å². The van der Waals surface area contributed by atoms with Crippen LogP contribution in [0.15, 0.2) is 40.2 Å².